The first-order chi connectivity index (χ1) is 10.7. The van der Waals surface area contributed by atoms with E-state index in [1.165, 1.54) is 25.3 Å². The Morgan fingerprint density at radius 1 is 1.14 bits per heavy atom. The van der Waals surface area contributed by atoms with Crippen molar-refractivity contribution in [3.63, 3.8) is 0 Å². The van der Waals surface area contributed by atoms with Crippen LogP contribution in [0.2, 0.25) is 0 Å². The molecule has 6 heteroatoms. The molecule has 1 saturated carbocycles. The topological polar surface area (TPSA) is 41.9 Å². The quantitative estimate of drug-likeness (QED) is 0.826. The normalized spacial score (nSPS) is 15.5. The molecule has 1 aliphatic carbocycles. The zero-order chi connectivity index (χ0) is 15.4. The fraction of sp³-hybridized carbons (Fsp3) is 0.375. The van der Waals surface area contributed by atoms with E-state index in [2.05, 4.69) is 15.7 Å². The van der Waals surface area contributed by atoms with Crippen LogP contribution >= 0.6 is 12.2 Å². The first kappa shape index (κ1) is 15.0. The van der Waals surface area contributed by atoms with E-state index in [0.29, 0.717) is 16.8 Å². The number of para-hydroxylation sites is 1. The fourth-order valence-corrected chi connectivity index (χ4v) is 3.08. The van der Waals surface area contributed by atoms with Crippen molar-refractivity contribution in [1.29, 1.82) is 0 Å². The Morgan fingerprint density at radius 2 is 1.91 bits per heavy atom. The van der Waals surface area contributed by atoms with E-state index in [1.54, 1.807) is 24.4 Å². The van der Waals surface area contributed by atoms with Gasteiger partial charge in [-0.1, -0.05) is 31.4 Å². The molecular formula is C16H19FN4S. The smallest absolute Gasteiger partial charge is 0.176 e. The van der Waals surface area contributed by atoms with Crippen molar-refractivity contribution < 1.29 is 4.39 Å². The summed E-state index contributed by atoms with van der Waals surface area (Å²) in [5.41, 5.74) is 0.365. The SMILES string of the molecule is Fc1ccccc1NC(=S)Nc1ccnn1C1CCCCC1. The fourth-order valence-electron chi connectivity index (χ4n) is 2.86. The van der Waals surface area contributed by atoms with Crippen LogP contribution in [0.15, 0.2) is 36.5 Å². The lowest BCUT2D eigenvalue weighted by molar-refractivity contribution is 0.333. The van der Waals surface area contributed by atoms with E-state index in [0.717, 1.165) is 18.7 Å². The molecule has 0 atom stereocenters. The molecule has 1 aliphatic rings. The van der Waals surface area contributed by atoms with Gasteiger partial charge in [-0.15, -0.1) is 0 Å². The van der Waals surface area contributed by atoms with Crippen molar-refractivity contribution in [3.05, 3.63) is 42.3 Å². The van der Waals surface area contributed by atoms with Crippen LogP contribution in [-0.4, -0.2) is 14.9 Å². The van der Waals surface area contributed by atoms with Gasteiger partial charge in [-0.05, 0) is 37.2 Å². The number of hydrogen-bond donors (Lipinski definition) is 2. The summed E-state index contributed by atoms with van der Waals surface area (Å²) in [6, 6.07) is 8.78. The van der Waals surface area contributed by atoms with Crippen LogP contribution in [0.25, 0.3) is 0 Å². The predicted octanol–water partition coefficient (Wildman–Crippen LogP) is 4.34. The highest BCUT2D eigenvalue weighted by atomic mass is 32.1. The van der Waals surface area contributed by atoms with Crippen LogP contribution in [0.5, 0.6) is 0 Å². The van der Waals surface area contributed by atoms with E-state index < -0.39 is 0 Å². The predicted molar refractivity (Wildman–Crippen MR) is 90.6 cm³/mol. The summed E-state index contributed by atoms with van der Waals surface area (Å²) in [7, 11) is 0. The molecule has 0 amide bonds. The van der Waals surface area contributed by atoms with Gasteiger partial charge in [0.25, 0.3) is 0 Å². The van der Waals surface area contributed by atoms with Gasteiger partial charge >= 0.3 is 0 Å². The summed E-state index contributed by atoms with van der Waals surface area (Å²) < 4.78 is 15.6. The third kappa shape index (κ3) is 3.44. The molecular weight excluding hydrogens is 299 g/mol. The van der Waals surface area contributed by atoms with Gasteiger partial charge in [-0.25, -0.2) is 9.07 Å². The van der Waals surface area contributed by atoms with E-state index in [4.69, 9.17) is 12.2 Å². The number of benzene rings is 1. The Kier molecular flexibility index (Phi) is 4.68. The summed E-state index contributed by atoms with van der Waals surface area (Å²) in [4.78, 5) is 0. The van der Waals surface area contributed by atoms with Crippen LogP contribution in [0.1, 0.15) is 38.1 Å². The highest BCUT2D eigenvalue weighted by Crippen LogP contribution is 2.29. The van der Waals surface area contributed by atoms with Crippen LogP contribution in [0.3, 0.4) is 0 Å². The highest BCUT2D eigenvalue weighted by molar-refractivity contribution is 7.80. The van der Waals surface area contributed by atoms with Gasteiger partial charge in [-0.2, -0.15) is 5.10 Å². The minimum Gasteiger partial charge on any atom is -0.330 e. The average Bonchev–Trinajstić information content (AvgIpc) is 2.98. The van der Waals surface area contributed by atoms with E-state index in [9.17, 15) is 4.39 Å². The largest absolute Gasteiger partial charge is 0.330 e. The molecule has 22 heavy (non-hydrogen) atoms. The van der Waals surface area contributed by atoms with Gasteiger partial charge in [-0.3, -0.25) is 0 Å². The molecule has 0 saturated heterocycles. The van der Waals surface area contributed by atoms with E-state index in [-0.39, 0.29) is 5.82 Å². The Labute approximate surface area is 134 Å². The Morgan fingerprint density at radius 3 is 2.68 bits per heavy atom. The Balaban J connectivity index is 1.67. The molecule has 4 nitrogen and oxygen atoms in total. The summed E-state index contributed by atoms with van der Waals surface area (Å²) in [5.74, 6) is 0.521. The number of nitrogens with one attached hydrogen (secondary N) is 2. The summed E-state index contributed by atoms with van der Waals surface area (Å²) in [5, 5.41) is 10.8. The Bertz CT molecular complexity index is 649. The minimum atomic E-state index is -0.326. The maximum atomic E-state index is 13.6. The van der Waals surface area contributed by atoms with Crippen molar-refractivity contribution in [3.8, 4) is 0 Å². The molecule has 0 aliphatic heterocycles. The van der Waals surface area contributed by atoms with Crippen molar-refractivity contribution >= 4 is 28.8 Å². The molecule has 1 heterocycles. The van der Waals surface area contributed by atoms with Crippen LogP contribution in [0.4, 0.5) is 15.9 Å². The van der Waals surface area contributed by atoms with Crippen molar-refractivity contribution in [1.82, 2.24) is 9.78 Å². The minimum absolute atomic E-state index is 0.326. The van der Waals surface area contributed by atoms with E-state index in [1.807, 2.05) is 10.7 Å². The van der Waals surface area contributed by atoms with Gasteiger partial charge in [0.05, 0.1) is 17.9 Å². The molecule has 0 bridgehead atoms. The number of anilines is 2. The van der Waals surface area contributed by atoms with Crippen molar-refractivity contribution in [2.75, 3.05) is 10.6 Å². The average molecular weight is 318 g/mol. The number of aromatic nitrogens is 2. The van der Waals surface area contributed by atoms with Gasteiger partial charge in [0.15, 0.2) is 5.11 Å². The number of thiocarbonyl (C=S) groups is 1. The zero-order valence-electron chi connectivity index (χ0n) is 12.3. The molecule has 0 radical (unpaired) electrons. The maximum absolute atomic E-state index is 13.6. The molecule has 1 aromatic carbocycles. The molecule has 116 valence electrons. The monoisotopic (exact) mass is 318 g/mol. The number of halogens is 1. The standard InChI is InChI=1S/C16H19FN4S/c17-13-8-4-5-9-14(13)19-16(22)20-15-10-11-18-21(15)12-6-2-1-3-7-12/h4-5,8-12H,1-3,6-7H2,(H2,19,20,22). The summed E-state index contributed by atoms with van der Waals surface area (Å²) in [6.07, 6.45) is 7.83. The number of hydrogen-bond acceptors (Lipinski definition) is 2. The van der Waals surface area contributed by atoms with Crippen molar-refractivity contribution in [2.45, 2.75) is 38.1 Å². The van der Waals surface area contributed by atoms with Gasteiger partial charge in [0.1, 0.15) is 11.6 Å². The summed E-state index contributed by atoms with van der Waals surface area (Å²) in [6.45, 7) is 0. The maximum Gasteiger partial charge on any atom is 0.176 e. The lowest BCUT2D eigenvalue weighted by atomic mass is 9.96. The third-order valence-electron chi connectivity index (χ3n) is 3.95. The van der Waals surface area contributed by atoms with E-state index >= 15 is 0 Å². The lowest BCUT2D eigenvalue weighted by Gasteiger charge is -2.24. The van der Waals surface area contributed by atoms with Crippen LogP contribution in [0, 0.1) is 5.82 Å². The van der Waals surface area contributed by atoms with Gasteiger partial charge in [0.2, 0.25) is 0 Å². The van der Waals surface area contributed by atoms with Gasteiger partial charge < -0.3 is 10.6 Å². The third-order valence-corrected chi connectivity index (χ3v) is 4.16. The first-order valence-corrected chi connectivity index (χ1v) is 8.01. The Hall–Kier alpha value is -1.95. The molecule has 1 fully saturated rings. The number of nitrogens with zero attached hydrogens (tertiary/aromatic N) is 2. The summed E-state index contributed by atoms with van der Waals surface area (Å²) >= 11 is 5.27. The second-order valence-electron chi connectivity index (χ2n) is 5.51. The van der Waals surface area contributed by atoms with Crippen LogP contribution < -0.4 is 10.6 Å². The zero-order valence-corrected chi connectivity index (χ0v) is 13.1. The molecule has 0 spiro atoms. The molecule has 2 N–H and O–H groups in total. The van der Waals surface area contributed by atoms with Crippen molar-refractivity contribution in [2.24, 2.45) is 0 Å². The highest BCUT2D eigenvalue weighted by Gasteiger charge is 2.18. The molecule has 0 unspecified atom stereocenters. The lowest BCUT2D eigenvalue weighted by Crippen LogP contribution is -2.24. The number of rotatable bonds is 3. The molecule has 2 aromatic rings. The second kappa shape index (κ2) is 6.87. The van der Waals surface area contributed by atoms with Gasteiger partial charge in [0, 0.05) is 6.07 Å². The first-order valence-electron chi connectivity index (χ1n) is 7.60. The molecule has 3 rings (SSSR count). The second-order valence-corrected chi connectivity index (χ2v) is 5.92. The van der Waals surface area contributed by atoms with Crippen LogP contribution in [-0.2, 0) is 0 Å². The molecule has 1 aromatic heterocycles.